The van der Waals surface area contributed by atoms with Crippen LogP contribution in [0.1, 0.15) is 39.0 Å². The Morgan fingerprint density at radius 1 is 1.30 bits per heavy atom. The van der Waals surface area contributed by atoms with E-state index < -0.39 is 0 Å². The van der Waals surface area contributed by atoms with Crippen LogP contribution < -0.4 is 10.2 Å². The molecule has 1 aliphatic heterocycles. The molecule has 0 radical (unpaired) electrons. The minimum atomic E-state index is 0.289. The Morgan fingerprint density at radius 2 is 2.05 bits per heavy atom. The van der Waals surface area contributed by atoms with Crippen molar-refractivity contribution < 1.29 is 0 Å². The molecule has 1 aliphatic carbocycles. The molecule has 1 unspecified atom stereocenters. The summed E-state index contributed by atoms with van der Waals surface area (Å²) in [7, 11) is 0. The van der Waals surface area contributed by atoms with Gasteiger partial charge in [-0.25, -0.2) is 0 Å². The second kappa shape index (κ2) is 5.75. The van der Waals surface area contributed by atoms with Gasteiger partial charge in [-0.15, -0.1) is 0 Å². The van der Waals surface area contributed by atoms with Crippen LogP contribution in [-0.2, 0) is 0 Å². The van der Waals surface area contributed by atoms with E-state index >= 15 is 0 Å². The first-order chi connectivity index (χ1) is 9.65. The molecule has 0 aromatic heterocycles. The third kappa shape index (κ3) is 2.54. The monoisotopic (exact) mass is 312 g/mol. The van der Waals surface area contributed by atoms with Crippen molar-refractivity contribution in [2.75, 3.05) is 18.0 Å². The van der Waals surface area contributed by atoms with Gasteiger partial charge in [0.15, 0.2) is 0 Å². The van der Waals surface area contributed by atoms with Crippen LogP contribution in [0.15, 0.2) is 18.2 Å². The van der Waals surface area contributed by atoms with Crippen molar-refractivity contribution in [2.45, 2.75) is 50.6 Å². The lowest BCUT2D eigenvalue weighted by Gasteiger charge is -2.47. The van der Waals surface area contributed by atoms with E-state index in [1.165, 1.54) is 25.7 Å². The summed E-state index contributed by atoms with van der Waals surface area (Å²) in [4.78, 5) is 2.48. The molecule has 1 saturated carbocycles. The lowest BCUT2D eigenvalue weighted by atomic mass is 9.91. The second-order valence-corrected chi connectivity index (χ2v) is 6.92. The van der Waals surface area contributed by atoms with Crippen molar-refractivity contribution in [3.63, 3.8) is 0 Å². The third-order valence-electron chi connectivity index (χ3n) is 4.90. The van der Waals surface area contributed by atoms with Gasteiger partial charge in [0.1, 0.15) is 0 Å². The van der Waals surface area contributed by atoms with Crippen molar-refractivity contribution in [1.82, 2.24) is 5.32 Å². The molecule has 1 atom stereocenters. The van der Waals surface area contributed by atoms with Crippen LogP contribution in [0.4, 0.5) is 5.69 Å². The van der Waals surface area contributed by atoms with E-state index in [9.17, 15) is 0 Å². The van der Waals surface area contributed by atoms with Crippen LogP contribution in [0.25, 0.3) is 0 Å². The van der Waals surface area contributed by atoms with Crippen LogP contribution in [0, 0.1) is 0 Å². The van der Waals surface area contributed by atoms with Crippen LogP contribution >= 0.6 is 23.2 Å². The number of benzene rings is 1. The molecular formula is C16H22Cl2N2. The first-order valence-electron chi connectivity index (χ1n) is 7.61. The quantitative estimate of drug-likeness (QED) is 0.865. The second-order valence-electron chi connectivity index (χ2n) is 6.13. The number of nitrogens with zero attached hydrogens (tertiary/aromatic N) is 1. The molecule has 1 aromatic carbocycles. The van der Waals surface area contributed by atoms with Crippen molar-refractivity contribution >= 4 is 28.9 Å². The zero-order valence-corrected chi connectivity index (χ0v) is 13.5. The fourth-order valence-electron chi connectivity index (χ4n) is 3.70. The lowest BCUT2D eigenvalue weighted by Crippen LogP contribution is -2.63. The standard InChI is InChI=1S/C16H22Cl2N2/c1-2-12-10-19-16(8-3-4-9-16)11-20(12)14-7-5-6-13(17)15(14)18/h5-7,12,19H,2-4,8-11H2,1H3. The van der Waals surface area contributed by atoms with Gasteiger partial charge in [0.2, 0.25) is 0 Å². The van der Waals surface area contributed by atoms with Gasteiger partial charge < -0.3 is 10.2 Å². The molecule has 20 heavy (non-hydrogen) atoms. The highest BCUT2D eigenvalue weighted by Crippen LogP contribution is 2.39. The van der Waals surface area contributed by atoms with Gasteiger partial charge >= 0.3 is 0 Å². The normalized spacial score (nSPS) is 25.4. The minimum absolute atomic E-state index is 0.289. The summed E-state index contributed by atoms with van der Waals surface area (Å²) in [5, 5.41) is 5.16. The predicted octanol–water partition coefficient (Wildman–Crippen LogP) is 4.49. The third-order valence-corrected chi connectivity index (χ3v) is 5.71. The number of rotatable bonds is 2. The molecule has 1 aromatic rings. The van der Waals surface area contributed by atoms with Gasteiger partial charge in [-0.3, -0.25) is 0 Å². The fraction of sp³-hybridized carbons (Fsp3) is 0.625. The Bertz CT molecular complexity index is 483. The van der Waals surface area contributed by atoms with Gasteiger partial charge in [-0.05, 0) is 31.4 Å². The molecule has 2 nitrogen and oxygen atoms in total. The molecule has 2 aliphatic rings. The minimum Gasteiger partial charge on any atom is -0.364 e. The summed E-state index contributed by atoms with van der Waals surface area (Å²) in [6.07, 6.45) is 6.34. The Hall–Kier alpha value is -0.440. The molecule has 3 rings (SSSR count). The van der Waals surface area contributed by atoms with Crippen molar-refractivity contribution in [3.05, 3.63) is 28.2 Å². The highest BCUT2D eigenvalue weighted by atomic mass is 35.5. The van der Waals surface area contributed by atoms with E-state index in [4.69, 9.17) is 23.2 Å². The first kappa shape index (κ1) is 14.5. The van der Waals surface area contributed by atoms with Crippen LogP contribution in [0.3, 0.4) is 0 Å². The smallest absolute Gasteiger partial charge is 0.0825 e. The van der Waals surface area contributed by atoms with E-state index in [-0.39, 0.29) is 5.54 Å². The number of piperazine rings is 1. The number of hydrogen-bond acceptors (Lipinski definition) is 2. The van der Waals surface area contributed by atoms with Gasteiger partial charge in [-0.2, -0.15) is 0 Å². The molecular weight excluding hydrogens is 291 g/mol. The van der Waals surface area contributed by atoms with Crippen molar-refractivity contribution in [3.8, 4) is 0 Å². The van der Waals surface area contributed by atoms with Crippen molar-refractivity contribution in [2.24, 2.45) is 0 Å². The lowest BCUT2D eigenvalue weighted by molar-refractivity contribution is 0.267. The fourth-order valence-corrected chi connectivity index (χ4v) is 4.11. The Labute approximate surface area is 131 Å². The average Bonchev–Trinajstić information content (AvgIpc) is 2.90. The Balaban J connectivity index is 1.92. The topological polar surface area (TPSA) is 15.3 Å². The van der Waals surface area contributed by atoms with E-state index in [0.717, 1.165) is 25.2 Å². The van der Waals surface area contributed by atoms with Crippen molar-refractivity contribution in [1.29, 1.82) is 0 Å². The number of hydrogen-bond donors (Lipinski definition) is 1. The Morgan fingerprint density at radius 3 is 2.75 bits per heavy atom. The largest absolute Gasteiger partial charge is 0.364 e. The van der Waals surface area contributed by atoms with Gasteiger partial charge in [0.25, 0.3) is 0 Å². The summed E-state index contributed by atoms with van der Waals surface area (Å²) in [6.45, 7) is 4.33. The highest BCUT2D eigenvalue weighted by Gasteiger charge is 2.41. The number of nitrogens with one attached hydrogen (secondary N) is 1. The van der Waals surface area contributed by atoms with E-state index in [0.29, 0.717) is 16.1 Å². The SMILES string of the molecule is CCC1CNC2(CCCC2)CN1c1cccc(Cl)c1Cl. The molecule has 1 saturated heterocycles. The summed E-state index contributed by atoms with van der Waals surface area (Å²) in [5.74, 6) is 0. The maximum atomic E-state index is 6.45. The number of halogens is 2. The molecule has 0 amide bonds. The number of anilines is 1. The molecule has 2 fully saturated rings. The summed E-state index contributed by atoms with van der Waals surface area (Å²) < 4.78 is 0. The first-order valence-corrected chi connectivity index (χ1v) is 8.36. The summed E-state index contributed by atoms with van der Waals surface area (Å²) >= 11 is 12.7. The molecule has 110 valence electrons. The summed E-state index contributed by atoms with van der Waals surface area (Å²) in [6, 6.07) is 6.46. The molecule has 1 N–H and O–H groups in total. The molecule has 1 spiro atoms. The summed E-state index contributed by atoms with van der Waals surface area (Å²) in [5.41, 5.74) is 1.39. The van der Waals surface area contributed by atoms with E-state index in [1.807, 2.05) is 12.1 Å². The Kier molecular flexibility index (Phi) is 4.16. The van der Waals surface area contributed by atoms with Crippen LogP contribution in [-0.4, -0.2) is 24.7 Å². The maximum absolute atomic E-state index is 6.45. The predicted molar refractivity (Wildman–Crippen MR) is 87.1 cm³/mol. The van der Waals surface area contributed by atoms with Gasteiger partial charge in [0.05, 0.1) is 15.7 Å². The molecule has 4 heteroatoms. The zero-order valence-electron chi connectivity index (χ0n) is 12.0. The highest BCUT2D eigenvalue weighted by molar-refractivity contribution is 6.43. The van der Waals surface area contributed by atoms with E-state index in [2.05, 4.69) is 23.2 Å². The van der Waals surface area contributed by atoms with Crippen LogP contribution in [0.5, 0.6) is 0 Å². The van der Waals surface area contributed by atoms with Gasteiger partial charge in [-0.1, -0.05) is 49.0 Å². The average molecular weight is 313 g/mol. The zero-order chi connectivity index (χ0) is 14.2. The van der Waals surface area contributed by atoms with E-state index in [1.54, 1.807) is 0 Å². The molecule has 0 bridgehead atoms. The maximum Gasteiger partial charge on any atom is 0.0825 e. The van der Waals surface area contributed by atoms with Gasteiger partial charge in [0, 0.05) is 24.7 Å². The van der Waals surface area contributed by atoms with Crippen LogP contribution in [0.2, 0.25) is 10.0 Å². The molecule has 1 heterocycles.